The highest BCUT2D eigenvalue weighted by Crippen LogP contribution is 2.18. The minimum atomic E-state index is -0.0619. The van der Waals surface area contributed by atoms with Gasteiger partial charge in [0.05, 0.1) is 0 Å². The van der Waals surface area contributed by atoms with Crippen LogP contribution in [-0.4, -0.2) is 16.9 Å². The number of carbonyl (C=O) groups excluding carboxylic acids is 1. The SMILES string of the molecule is O=C(NC1CCCCC1)c1cc(Br)ccn1. The van der Waals surface area contributed by atoms with Crippen LogP contribution in [0.25, 0.3) is 0 Å². The number of aromatic nitrogens is 1. The lowest BCUT2D eigenvalue weighted by molar-refractivity contribution is 0.0922. The molecule has 1 N–H and O–H groups in total. The van der Waals surface area contributed by atoms with Crippen molar-refractivity contribution in [1.82, 2.24) is 10.3 Å². The lowest BCUT2D eigenvalue weighted by Gasteiger charge is -2.22. The molecule has 0 spiro atoms. The van der Waals surface area contributed by atoms with Crippen LogP contribution in [0.4, 0.5) is 0 Å². The molecule has 1 aromatic rings. The first kappa shape index (κ1) is 11.6. The number of amides is 1. The molecule has 0 unspecified atom stereocenters. The van der Waals surface area contributed by atoms with Crippen LogP contribution in [0.5, 0.6) is 0 Å². The fraction of sp³-hybridized carbons (Fsp3) is 0.500. The number of nitrogens with zero attached hydrogens (tertiary/aromatic N) is 1. The Labute approximate surface area is 104 Å². The van der Waals surface area contributed by atoms with E-state index in [-0.39, 0.29) is 5.91 Å². The molecule has 1 heterocycles. The average molecular weight is 283 g/mol. The van der Waals surface area contributed by atoms with Gasteiger partial charge < -0.3 is 5.32 Å². The smallest absolute Gasteiger partial charge is 0.270 e. The highest BCUT2D eigenvalue weighted by Gasteiger charge is 2.17. The minimum Gasteiger partial charge on any atom is -0.348 e. The predicted molar refractivity (Wildman–Crippen MR) is 66.3 cm³/mol. The average Bonchev–Trinajstić information content (AvgIpc) is 2.30. The van der Waals surface area contributed by atoms with E-state index in [0.29, 0.717) is 11.7 Å². The second-order valence-electron chi connectivity index (χ2n) is 4.17. The molecule has 86 valence electrons. The molecule has 0 bridgehead atoms. The molecule has 0 radical (unpaired) electrons. The van der Waals surface area contributed by atoms with E-state index in [2.05, 4.69) is 26.2 Å². The summed E-state index contributed by atoms with van der Waals surface area (Å²) in [5.41, 5.74) is 0.486. The second kappa shape index (κ2) is 5.43. The maximum atomic E-state index is 11.9. The zero-order valence-corrected chi connectivity index (χ0v) is 10.7. The lowest BCUT2D eigenvalue weighted by Crippen LogP contribution is -2.36. The number of hydrogen-bond donors (Lipinski definition) is 1. The third-order valence-corrected chi connectivity index (χ3v) is 3.39. The highest BCUT2D eigenvalue weighted by molar-refractivity contribution is 9.10. The van der Waals surface area contributed by atoms with Crippen molar-refractivity contribution in [2.45, 2.75) is 38.1 Å². The Morgan fingerprint density at radius 3 is 2.81 bits per heavy atom. The Morgan fingerprint density at radius 2 is 2.12 bits per heavy atom. The van der Waals surface area contributed by atoms with Crippen LogP contribution in [0.1, 0.15) is 42.6 Å². The summed E-state index contributed by atoms with van der Waals surface area (Å²) in [7, 11) is 0. The summed E-state index contributed by atoms with van der Waals surface area (Å²) in [6, 6.07) is 3.90. The minimum absolute atomic E-state index is 0.0619. The molecule has 1 saturated carbocycles. The van der Waals surface area contributed by atoms with E-state index in [1.165, 1.54) is 19.3 Å². The van der Waals surface area contributed by atoms with Crippen LogP contribution in [0.3, 0.4) is 0 Å². The van der Waals surface area contributed by atoms with E-state index < -0.39 is 0 Å². The van der Waals surface area contributed by atoms with Crippen LogP contribution in [0, 0.1) is 0 Å². The molecule has 3 nitrogen and oxygen atoms in total. The van der Waals surface area contributed by atoms with Gasteiger partial charge in [0.25, 0.3) is 5.91 Å². The monoisotopic (exact) mass is 282 g/mol. The van der Waals surface area contributed by atoms with Gasteiger partial charge in [-0.1, -0.05) is 35.2 Å². The first-order valence-electron chi connectivity index (χ1n) is 5.68. The van der Waals surface area contributed by atoms with Gasteiger partial charge in [-0.05, 0) is 25.0 Å². The molecule has 0 aromatic carbocycles. The molecule has 4 heteroatoms. The number of halogens is 1. The van der Waals surface area contributed by atoms with E-state index in [1.54, 1.807) is 12.3 Å². The highest BCUT2D eigenvalue weighted by atomic mass is 79.9. The third-order valence-electron chi connectivity index (χ3n) is 2.90. The topological polar surface area (TPSA) is 42.0 Å². The van der Waals surface area contributed by atoms with Crippen LogP contribution >= 0.6 is 15.9 Å². The Hall–Kier alpha value is -0.900. The van der Waals surface area contributed by atoms with Gasteiger partial charge >= 0.3 is 0 Å². The van der Waals surface area contributed by atoms with Crippen LogP contribution in [-0.2, 0) is 0 Å². The lowest BCUT2D eigenvalue weighted by atomic mass is 9.95. The van der Waals surface area contributed by atoms with Crippen molar-refractivity contribution in [1.29, 1.82) is 0 Å². The number of hydrogen-bond acceptors (Lipinski definition) is 2. The van der Waals surface area contributed by atoms with Gasteiger partial charge in [0.15, 0.2) is 0 Å². The molecular weight excluding hydrogens is 268 g/mol. The van der Waals surface area contributed by atoms with Gasteiger partial charge in [-0.25, -0.2) is 0 Å². The zero-order valence-electron chi connectivity index (χ0n) is 9.08. The molecule has 0 atom stereocenters. The van der Waals surface area contributed by atoms with E-state index >= 15 is 0 Å². The Balaban J connectivity index is 1.97. The van der Waals surface area contributed by atoms with Crippen LogP contribution in [0.15, 0.2) is 22.8 Å². The fourth-order valence-electron chi connectivity index (χ4n) is 2.04. The van der Waals surface area contributed by atoms with Crippen molar-refractivity contribution in [2.75, 3.05) is 0 Å². The summed E-state index contributed by atoms with van der Waals surface area (Å²) in [6.45, 7) is 0. The zero-order chi connectivity index (χ0) is 11.4. The van der Waals surface area contributed by atoms with Crippen molar-refractivity contribution in [3.8, 4) is 0 Å². The summed E-state index contributed by atoms with van der Waals surface area (Å²) in [4.78, 5) is 15.9. The molecule has 1 aliphatic rings. The standard InChI is InChI=1S/C12H15BrN2O/c13-9-6-7-14-11(8-9)12(16)15-10-4-2-1-3-5-10/h6-8,10H,1-5H2,(H,15,16). The van der Waals surface area contributed by atoms with E-state index in [0.717, 1.165) is 17.3 Å². The maximum absolute atomic E-state index is 11.9. The molecule has 2 rings (SSSR count). The molecular formula is C12H15BrN2O. The summed E-state index contributed by atoms with van der Waals surface area (Å²) in [5, 5.41) is 3.04. The molecule has 1 aromatic heterocycles. The Kier molecular flexibility index (Phi) is 3.93. The molecule has 0 saturated heterocycles. The van der Waals surface area contributed by atoms with Gasteiger partial charge in [-0.2, -0.15) is 0 Å². The first-order valence-corrected chi connectivity index (χ1v) is 6.47. The number of nitrogens with one attached hydrogen (secondary N) is 1. The largest absolute Gasteiger partial charge is 0.348 e. The molecule has 1 aliphatic carbocycles. The second-order valence-corrected chi connectivity index (χ2v) is 5.08. The molecule has 1 amide bonds. The Morgan fingerprint density at radius 1 is 1.38 bits per heavy atom. The third kappa shape index (κ3) is 3.04. The van der Waals surface area contributed by atoms with Crippen molar-refractivity contribution >= 4 is 21.8 Å². The van der Waals surface area contributed by atoms with Gasteiger partial charge in [0.1, 0.15) is 5.69 Å². The van der Waals surface area contributed by atoms with Crippen molar-refractivity contribution in [3.63, 3.8) is 0 Å². The van der Waals surface area contributed by atoms with Crippen molar-refractivity contribution < 1.29 is 4.79 Å². The summed E-state index contributed by atoms with van der Waals surface area (Å²) in [6.07, 6.45) is 7.56. The number of rotatable bonds is 2. The summed E-state index contributed by atoms with van der Waals surface area (Å²) in [5.74, 6) is -0.0619. The van der Waals surface area contributed by atoms with E-state index in [1.807, 2.05) is 6.07 Å². The maximum Gasteiger partial charge on any atom is 0.270 e. The number of carbonyl (C=O) groups is 1. The normalized spacial score (nSPS) is 17.1. The number of pyridine rings is 1. The van der Waals surface area contributed by atoms with E-state index in [4.69, 9.17) is 0 Å². The van der Waals surface area contributed by atoms with E-state index in [9.17, 15) is 4.79 Å². The molecule has 16 heavy (non-hydrogen) atoms. The Bertz CT molecular complexity index is 375. The quantitative estimate of drug-likeness (QED) is 0.906. The van der Waals surface area contributed by atoms with Gasteiger partial charge in [-0.3, -0.25) is 9.78 Å². The van der Waals surface area contributed by atoms with Crippen LogP contribution < -0.4 is 5.32 Å². The fourth-order valence-corrected chi connectivity index (χ4v) is 2.37. The van der Waals surface area contributed by atoms with Gasteiger partial charge in [0, 0.05) is 16.7 Å². The summed E-state index contributed by atoms with van der Waals surface area (Å²) >= 11 is 3.34. The summed E-state index contributed by atoms with van der Waals surface area (Å²) < 4.78 is 0.885. The van der Waals surface area contributed by atoms with Crippen molar-refractivity contribution in [3.05, 3.63) is 28.5 Å². The van der Waals surface area contributed by atoms with Gasteiger partial charge in [0.2, 0.25) is 0 Å². The first-order chi connectivity index (χ1) is 7.75. The van der Waals surface area contributed by atoms with Gasteiger partial charge in [-0.15, -0.1) is 0 Å². The predicted octanol–water partition coefficient (Wildman–Crippen LogP) is 2.91. The van der Waals surface area contributed by atoms with Crippen LogP contribution in [0.2, 0.25) is 0 Å². The molecule has 0 aliphatic heterocycles. The molecule has 1 fully saturated rings. The van der Waals surface area contributed by atoms with Crippen molar-refractivity contribution in [2.24, 2.45) is 0 Å².